The standard InChI is InChI=1S/C24H26N3O2/c1-17-7-3-11-23(18(17)2)29-14-6-12-24(28)27-13-5-9-21-20(8-4-10-22(21)27)19-15-25-26-16-19/h3-4,7-8,10-11,15-16H,5-6,9,12-14H2,1-2H3. The summed E-state index contributed by atoms with van der Waals surface area (Å²) in [5.41, 5.74) is 10.7. The first-order valence-corrected chi connectivity index (χ1v) is 10.2. The van der Waals surface area contributed by atoms with Gasteiger partial charge in [0.25, 0.3) is 0 Å². The van der Waals surface area contributed by atoms with Gasteiger partial charge in [-0.25, -0.2) is 0 Å². The first kappa shape index (κ1) is 19.2. The molecule has 0 unspecified atom stereocenters. The summed E-state index contributed by atoms with van der Waals surface area (Å²) in [4.78, 5) is 14.9. The molecule has 5 heteroatoms. The van der Waals surface area contributed by atoms with Gasteiger partial charge < -0.3 is 9.64 Å². The zero-order chi connectivity index (χ0) is 20.2. The number of carbonyl (C=O) groups excluding carboxylic acids is 1. The van der Waals surface area contributed by atoms with E-state index in [2.05, 4.69) is 36.5 Å². The van der Waals surface area contributed by atoms with Crippen LogP contribution in [0.5, 0.6) is 5.75 Å². The number of hydrogen-bond donors (Lipinski definition) is 0. The maximum absolute atomic E-state index is 12.9. The van der Waals surface area contributed by atoms with Crippen molar-refractivity contribution in [3.8, 4) is 5.75 Å². The molecule has 29 heavy (non-hydrogen) atoms. The summed E-state index contributed by atoms with van der Waals surface area (Å²) in [5.74, 6) is 1.06. The minimum atomic E-state index is 0.159. The summed E-state index contributed by atoms with van der Waals surface area (Å²) in [5, 5.41) is 3.94. The lowest BCUT2D eigenvalue weighted by molar-refractivity contribution is -0.118. The SMILES string of the molecule is Cc1cccc(OCCCC(=O)N2CCCc3c(C4=C[N]N=C4)cccc32)c1C. The Morgan fingerprint density at radius 3 is 2.86 bits per heavy atom. The van der Waals surface area contributed by atoms with Crippen LogP contribution >= 0.6 is 0 Å². The maximum Gasteiger partial charge on any atom is 0.227 e. The van der Waals surface area contributed by atoms with Crippen LogP contribution in [0.4, 0.5) is 5.69 Å². The maximum atomic E-state index is 12.9. The molecule has 0 aliphatic carbocycles. The van der Waals surface area contributed by atoms with Crippen LogP contribution in [0, 0.1) is 13.8 Å². The van der Waals surface area contributed by atoms with Crippen molar-refractivity contribution >= 4 is 23.4 Å². The zero-order valence-corrected chi connectivity index (χ0v) is 17.0. The highest BCUT2D eigenvalue weighted by atomic mass is 16.5. The summed E-state index contributed by atoms with van der Waals surface area (Å²) in [6.45, 7) is 5.46. The van der Waals surface area contributed by atoms with Crippen molar-refractivity contribution in [3.63, 3.8) is 0 Å². The molecular weight excluding hydrogens is 362 g/mol. The lowest BCUT2D eigenvalue weighted by Gasteiger charge is -2.31. The summed E-state index contributed by atoms with van der Waals surface area (Å²) in [6.07, 6.45) is 6.68. The molecule has 5 nitrogen and oxygen atoms in total. The van der Waals surface area contributed by atoms with Crippen molar-refractivity contribution in [2.45, 2.75) is 39.5 Å². The number of fused-ring (bicyclic) bond motifs is 1. The van der Waals surface area contributed by atoms with Gasteiger partial charge in [0.2, 0.25) is 5.91 Å². The van der Waals surface area contributed by atoms with E-state index in [0.29, 0.717) is 19.4 Å². The third-order valence-electron chi connectivity index (χ3n) is 5.67. The number of rotatable bonds is 6. The number of aryl methyl sites for hydroxylation is 1. The quantitative estimate of drug-likeness (QED) is 0.689. The molecule has 1 amide bonds. The molecule has 0 fully saturated rings. The minimum absolute atomic E-state index is 0.159. The Hall–Kier alpha value is -3.08. The van der Waals surface area contributed by atoms with Gasteiger partial charge in [0, 0.05) is 24.2 Å². The van der Waals surface area contributed by atoms with E-state index < -0.39 is 0 Å². The Kier molecular flexibility index (Phi) is 5.65. The van der Waals surface area contributed by atoms with Crippen LogP contribution in [0.15, 0.2) is 47.7 Å². The zero-order valence-electron chi connectivity index (χ0n) is 17.0. The Bertz CT molecular complexity index is 978. The number of benzene rings is 2. The molecule has 2 aliphatic heterocycles. The summed E-state index contributed by atoms with van der Waals surface area (Å²) < 4.78 is 5.91. The van der Waals surface area contributed by atoms with E-state index in [-0.39, 0.29) is 5.91 Å². The largest absolute Gasteiger partial charge is 0.493 e. The van der Waals surface area contributed by atoms with Crippen LogP contribution in [-0.4, -0.2) is 25.3 Å². The molecular formula is C24H26N3O2. The fourth-order valence-corrected chi connectivity index (χ4v) is 3.94. The van der Waals surface area contributed by atoms with Crippen molar-refractivity contribution in [1.82, 2.24) is 5.43 Å². The van der Waals surface area contributed by atoms with Gasteiger partial charge in [0.05, 0.1) is 19.0 Å². The molecule has 0 saturated heterocycles. The predicted molar refractivity (Wildman–Crippen MR) is 116 cm³/mol. The fourth-order valence-electron chi connectivity index (χ4n) is 3.94. The third kappa shape index (κ3) is 4.04. The molecule has 0 N–H and O–H groups in total. The second kappa shape index (κ2) is 8.52. The van der Waals surface area contributed by atoms with Crippen molar-refractivity contribution in [2.24, 2.45) is 5.10 Å². The van der Waals surface area contributed by atoms with Crippen LogP contribution in [0.25, 0.3) is 5.57 Å². The highest BCUT2D eigenvalue weighted by Crippen LogP contribution is 2.33. The molecule has 1 radical (unpaired) electrons. The first-order valence-electron chi connectivity index (χ1n) is 10.2. The smallest absolute Gasteiger partial charge is 0.227 e. The van der Waals surface area contributed by atoms with Gasteiger partial charge in [-0.1, -0.05) is 24.3 Å². The van der Waals surface area contributed by atoms with E-state index in [9.17, 15) is 4.79 Å². The van der Waals surface area contributed by atoms with Crippen LogP contribution in [0.1, 0.15) is 41.5 Å². The molecule has 0 bridgehead atoms. The van der Waals surface area contributed by atoms with E-state index in [1.165, 1.54) is 11.1 Å². The highest BCUT2D eigenvalue weighted by Gasteiger charge is 2.25. The van der Waals surface area contributed by atoms with E-state index in [4.69, 9.17) is 4.74 Å². The van der Waals surface area contributed by atoms with Crippen molar-refractivity contribution in [1.29, 1.82) is 0 Å². The second-order valence-corrected chi connectivity index (χ2v) is 7.55. The van der Waals surface area contributed by atoms with Gasteiger partial charge in [-0.3, -0.25) is 4.79 Å². The molecule has 0 spiro atoms. The topological polar surface area (TPSA) is 56.0 Å². The first-order chi connectivity index (χ1) is 14.1. The molecule has 2 aromatic carbocycles. The predicted octanol–water partition coefficient (Wildman–Crippen LogP) is 4.39. The fraction of sp³-hybridized carbons (Fsp3) is 0.333. The summed E-state index contributed by atoms with van der Waals surface area (Å²) in [6, 6.07) is 12.2. The lowest BCUT2D eigenvalue weighted by atomic mass is 9.92. The van der Waals surface area contributed by atoms with Gasteiger partial charge in [-0.15, -0.1) is 0 Å². The Morgan fingerprint density at radius 1 is 1.17 bits per heavy atom. The number of allylic oxidation sites excluding steroid dienone is 1. The summed E-state index contributed by atoms with van der Waals surface area (Å²) in [7, 11) is 0. The van der Waals surface area contributed by atoms with Gasteiger partial charge in [-0.05, 0) is 67.5 Å². The van der Waals surface area contributed by atoms with Gasteiger partial charge in [-0.2, -0.15) is 10.5 Å². The van der Waals surface area contributed by atoms with Crippen LogP contribution in [0.2, 0.25) is 0 Å². The summed E-state index contributed by atoms with van der Waals surface area (Å²) >= 11 is 0. The van der Waals surface area contributed by atoms with E-state index >= 15 is 0 Å². The highest BCUT2D eigenvalue weighted by molar-refractivity contribution is 6.12. The Labute approximate surface area is 172 Å². The van der Waals surface area contributed by atoms with Gasteiger partial charge in [0.1, 0.15) is 5.75 Å². The van der Waals surface area contributed by atoms with Crippen LogP contribution < -0.4 is 15.1 Å². The van der Waals surface area contributed by atoms with Crippen LogP contribution in [0.3, 0.4) is 0 Å². The van der Waals surface area contributed by atoms with Crippen molar-refractivity contribution < 1.29 is 9.53 Å². The average molecular weight is 388 g/mol. The van der Waals surface area contributed by atoms with Crippen LogP contribution in [-0.2, 0) is 11.2 Å². The number of carbonyl (C=O) groups is 1. The Balaban J connectivity index is 1.40. The van der Waals surface area contributed by atoms with Crippen molar-refractivity contribution in [3.05, 3.63) is 64.9 Å². The Morgan fingerprint density at radius 2 is 2.03 bits per heavy atom. The van der Waals surface area contributed by atoms with Gasteiger partial charge in [0.15, 0.2) is 0 Å². The molecule has 2 heterocycles. The van der Waals surface area contributed by atoms with E-state index in [1.54, 1.807) is 12.4 Å². The third-order valence-corrected chi connectivity index (χ3v) is 5.67. The molecule has 0 atom stereocenters. The number of anilines is 1. The average Bonchev–Trinajstić information content (AvgIpc) is 3.27. The molecule has 2 aromatic rings. The number of amides is 1. The normalized spacial score (nSPS) is 15.0. The monoisotopic (exact) mass is 388 g/mol. The number of hydrogen-bond acceptors (Lipinski definition) is 3. The lowest BCUT2D eigenvalue weighted by Crippen LogP contribution is -2.35. The molecule has 149 valence electrons. The molecule has 2 aliphatic rings. The minimum Gasteiger partial charge on any atom is -0.493 e. The molecule has 0 aromatic heterocycles. The van der Waals surface area contributed by atoms with Gasteiger partial charge >= 0.3 is 0 Å². The molecule has 0 saturated carbocycles. The number of ether oxygens (including phenoxy) is 1. The van der Waals surface area contributed by atoms with E-state index in [0.717, 1.165) is 47.5 Å². The van der Waals surface area contributed by atoms with E-state index in [1.807, 2.05) is 29.2 Å². The number of nitrogens with zero attached hydrogens (tertiary/aromatic N) is 3. The van der Waals surface area contributed by atoms with Crippen molar-refractivity contribution in [2.75, 3.05) is 18.1 Å². The molecule has 4 rings (SSSR count). The second-order valence-electron chi connectivity index (χ2n) is 7.55.